The zero-order valence-corrected chi connectivity index (χ0v) is 22.1. The first kappa shape index (κ1) is 26.5. The predicted molar refractivity (Wildman–Crippen MR) is 138 cm³/mol. The highest BCUT2D eigenvalue weighted by molar-refractivity contribution is 8.18. The number of piperidine rings is 1. The molecule has 2 saturated heterocycles. The summed E-state index contributed by atoms with van der Waals surface area (Å²) in [5.74, 6) is 0.994. The molecule has 37 heavy (non-hydrogen) atoms. The van der Waals surface area contributed by atoms with E-state index in [2.05, 4.69) is 9.97 Å². The molecule has 10 nitrogen and oxygen atoms in total. The molecule has 196 valence electrons. The topological polar surface area (TPSA) is 111 Å². The van der Waals surface area contributed by atoms with Gasteiger partial charge < -0.3 is 19.1 Å². The Kier molecular flexibility index (Phi) is 8.01. The van der Waals surface area contributed by atoms with Gasteiger partial charge in [0.25, 0.3) is 11.1 Å². The van der Waals surface area contributed by atoms with E-state index in [1.807, 2.05) is 20.8 Å². The Balaban J connectivity index is 1.31. The van der Waals surface area contributed by atoms with Gasteiger partial charge in [0.15, 0.2) is 0 Å². The number of amides is 3. The third-order valence-corrected chi connectivity index (χ3v) is 6.50. The Morgan fingerprint density at radius 3 is 2.41 bits per heavy atom. The van der Waals surface area contributed by atoms with Crippen LogP contribution in [0.3, 0.4) is 0 Å². The Hall–Kier alpha value is -3.60. The van der Waals surface area contributed by atoms with Crippen molar-refractivity contribution in [1.82, 2.24) is 19.8 Å². The number of likely N-dealkylation sites (N-methyl/N-ethyl adjacent to an activating group) is 1. The first-order valence-electron chi connectivity index (χ1n) is 12.1. The summed E-state index contributed by atoms with van der Waals surface area (Å²) >= 11 is 0.938. The van der Waals surface area contributed by atoms with Gasteiger partial charge in [0.1, 0.15) is 23.8 Å². The molecule has 11 heteroatoms. The number of benzene rings is 1. The standard InChI is InChI=1S/C26H30N4O6S/c1-5-30-23(31)20(37-25(30)33)14-17-6-8-18(9-7-17)34-21-15-22(28-16-27-21)35-19-10-12-29(13-11-19)24(32)36-26(2,3)4/h6-9,14-16,19H,5,10-13H2,1-4H3/b20-14-. The molecule has 0 radical (unpaired) electrons. The van der Waals surface area contributed by atoms with Crippen LogP contribution in [0, 0.1) is 0 Å². The first-order valence-corrected chi connectivity index (χ1v) is 12.9. The number of nitrogens with zero attached hydrogens (tertiary/aromatic N) is 4. The summed E-state index contributed by atoms with van der Waals surface area (Å²) in [6.07, 6.45) is 4.00. The van der Waals surface area contributed by atoms with Crippen LogP contribution in [-0.2, 0) is 9.53 Å². The summed E-state index contributed by atoms with van der Waals surface area (Å²) in [6, 6.07) is 8.73. The van der Waals surface area contributed by atoms with Gasteiger partial charge in [-0.2, -0.15) is 0 Å². The molecule has 4 rings (SSSR count). The molecule has 3 amide bonds. The lowest BCUT2D eigenvalue weighted by Gasteiger charge is -2.33. The number of rotatable bonds is 6. The molecule has 0 atom stereocenters. The van der Waals surface area contributed by atoms with E-state index in [0.717, 1.165) is 17.3 Å². The molecule has 1 aromatic heterocycles. The van der Waals surface area contributed by atoms with Crippen LogP contribution in [0.15, 0.2) is 41.6 Å². The lowest BCUT2D eigenvalue weighted by molar-refractivity contribution is -0.122. The minimum atomic E-state index is -0.523. The van der Waals surface area contributed by atoms with Crippen molar-refractivity contribution in [3.05, 3.63) is 47.1 Å². The van der Waals surface area contributed by atoms with Crippen molar-refractivity contribution in [3.63, 3.8) is 0 Å². The minimum absolute atomic E-state index is 0.0829. The van der Waals surface area contributed by atoms with E-state index in [9.17, 15) is 14.4 Å². The largest absolute Gasteiger partial charge is 0.474 e. The molecule has 0 N–H and O–H groups in total. The maximum absolute atomic E-state index is 12.3. The average Bonchev–Trinajstić information content (AvgIpc) is 3.11. The van der Waals surface area contributed by atoms with Gasteiger partial charge in [-0.15, -0.1) is 0 Å². The molecule has 2 aliphatic rings. The van der Waals surface area contributed by atoms with Crippen LogP contribution in [0.1, 0.15) is 46.1 Å². The third-order valence-electron chi connectivity index (χ3n) is 5.59. The molecule has 2 aliphatic heterocycles. The number of aromatic nitrogens is 2. The Morgan fingerprint density at radius 2 is 1.78 bits per heavy atom. The fraction of sp³-hybridized carbons (Fsp3) is 0.423. The number of hydrogen-bond acceptors (Lipinski definition) is 9. The predicted octanol–water partition coefficient (Wildman–Crippen LogP) is 5.10. The van der Waals surface area contributed by atoms with Gasteiger partial charge >= 0.3 is 6.09 Å². The van der Waals surface area contributed by atoms with Crippen molar-refractivity contribution >= 4 is 35.1 Å². The van der Waals surface area contributed by atoms with E-state index in [1.165, 1.54) is 11.2 Å². The Morgan fingerprint density at radius 1 is 1.11 bits per heavy atom. The summed E-state index contributed by atoms with van der Waals surface area (Å²) in [6.45, 7) is 8.76. The third kappa shape index (κ3) is 7.00. The van der Waals surface area contributed by atoms with E-state index in [0.29, 0.717) is 54.9 Å². The molecule has 0 aliphatic carbocycles. The molecule has 0 unspecified atom stereocenters. The van der Waals surface area contributed by atoms with Crippen LogP contribution in [0.4, 0.5) is 9.59 Å². The van der Waals surface area contributed by atoms with Crippen LogP contribution in [0.2, 0.25) is 0 Å². The maximum Gasteiger partial charge on any atom is 0.410 e. The molecular weight excluding hydrogens is 496 g/mol. The van der Waals surface area contributed by atoms with Crippen molar-refractivity contribution in [2.45, 2.75) is 52.2 Å². The Bertz CT molecular complexity index is 1190. The SMILES string of the molecule is CCN1C(=O)S/C(=C\c2ccc(Oc3cc(OC4CCN(C(=O)OC(C)(C)C)CC4)ncn3)cc2)C1=O. The smallest absolute Gasteiger partial charge is 0.410 e. The second-order valence-corrected chi connectivity index (χ2v) is 10.6. The van der Waals surface area contributed by atoms with Gasteiger partial charge in [-0.25, -0.2) is 14.8 Å². The number of thioether (sulfide) groups is 1. The van der Waals surface area contributed by atoms with Gasteiger partial charge in [-0.05, 0) is 63.2 Å². The van der Waals surface area contributed by atoms with Gasteiger partial charge in [0.05, 0.1) is 11.0 Å². The zero-order chi connectivity index (χ0) is 26.6. The maximum atomic E-state index is 12.3. The van der Waals surface area contributed by atoms with Crippen molar-refractivity contribution in [1.29, 1.82) is 0 Å². The van der Waals surface area contributed by atoms with Gasteiger partial charge in [0, 0.05) is 32.5 Å². The minimum Gasteiger partial charge on any atom is -0.474 e. The fourth-order valence-corrected chi connectivity index (χ4v) is 4.68. The molecule has 2 fully saturated rings. The van der Waals surface area contributed by atoms with Crippen molar-refractivity contribution in [3.8, 4) is 17.5 Å². The second kappa shape index (κ2) is 11.2. The van der Waals surface area contributed by atoms with E-state index in [1.54, 1.807) is 48.2 Å². The molecule has 0 saturated carbocycles. The summed E-state index contributed by atoms with van der Waals surface area (Å²) in [7, 11) is 0. The molecule has 1 aromatic carbocycles. The highest BCUT2D eigenvalue weighted by Gasteiger charge is 2.33. The lowest BCUT2D eigenvalue weighted by Crippen LogP contribution is -2.44. The number of hydrogen-bond donors (Lipinski definition) is 0. The van der Waals surface area contributed by atoms with Crippen molar-refractivity contribution in [2.24, 2.45) is 0 Å². The number of ether oxygens (including phenoxy) is 3. The summed E-state index contributed by atoms with van der Waals surface area (Å²) in [5.41, 5.74) is 0.253. The van der Waals surface area contributed by atoms with Crippen LogP contribution >= 0.6 is 11.8 Å². The van der Waals surface area contributed by atoms with Crippen LogP contribution in [-0.4, -0.2) is 68.3 Å². The zero-order valence-electron chi connectivity index (χ0n) is 21.3. The molecule has 0 spiro atoms. The summed E-state index contributed by atoms with van der Waals surface area (Å²) in [4.78, 5) is 48.0. The summed E-state index contributed by atoms with van der Waals surface area (Å²) < 4.78 is 17.3. The Labute approximate surface area is 220 Å². The van der Waals surface area contributed by atoms with Crippen LogP contribution < -0.4 is 9.47 Å². The summed E-state index contributed by atoms with van der Waals surface area (Å²) in [5, 5.41) is -0.255. The quantitative estimate of drug-likeness (QED) is 0.474. The van der Waals surface area contributed by atoms with Gasteiger partial charge in [-0.1, -0.05) is 12.1 Å². The average molecular weight is 527 g/mol. The van der Waals surface area contributed by atoms with Crippen LogP contribution in [0.25, 0.3) is 6.08 Å². The van der Waals surface area contributed by atoms with E-state index in [4.69, 9.17) is 14.2 Å². The van der Waals surface area contributed by atoms with E-state index in [-0.39, 0.29) is 23.3 Å². The van der Waals surface area contributed by atoms with Crippen molar-refractivity contribution in [2.75, 3.05) is 19.6 Å². The fourth-order valence-electron chi connectivity index (χ4n) is 3.77. The number of carbonyl (C=O) groups excluding carboxylic acids is 3. The number of imide groups is 1. The molecule has 0 bridgehead atoms. The van der Waals surface area contributed by atoms with Gasteiger partial charge in [0.2, 0.25) is 11.8 Å². The lowest BCUT2D eigenvalue weighted by atomic mass is 10.1. The van der Waals surface area contributed by atoms with E-state index >= 15 is 0 Å². The van der Waals surface area contributed by atoms with Gasteiger partial charge in [-0.3, -0.25) is 14.5 Å². The number of carbonyl (C=O) groups is 3. The molecule has 2 aromatic rings. The van der Waals surface area contributed by atoms with Crippen LogP contribution in [0.5, 0.6) is 17.5 Å². The highest BCUT2D eigenvalue weighted by atomic mass is 32.2. The van der Waals surface area contributed by atoms with Crippen molar-refractivity contribution < 1.29 is 28.6 Å². The monoisotopic (exact) mass is 526 g/mol. The normalized spacial score (nSPS) is 17.9. The highest BCUT2D eigenvalue weighted by Crippen LogP contribution is 2.32. The number of likely N-dealkylation sites (tertiary alicyclic amines) is 1. The molecule has 3 heterocycles. The first-order chi connectivity index (χ1) is 17.6. The van der Waals surface area contributed by atoms with E-state index < -0.39 is 5.60 Å². The molecular formula is C26H30N4O6S. The second-order valence-electron chi connectivity index (χ2n) is 9.58.